The van der Waals surface area contributed by atoms with Crippen LogP contribution in [0.2, 0.25) is 0 Å². The number of benzene rings is 2. The molecule has 0 aliphatic heterocycles. The van der Waals surface area contributed by atoms with Gasteiger partial charge in [0.15, 0.2) is 0 Å². The third kappa shape index (κ3) is 4.07. The highest BCUT2D eigenvalue weighted by Crippen LogP contribution is 2.28. The number of hydrogen-bond acceptors (Lipinski definition) is 6. The van der Waals surface area contributed by atoms with Gasteiger partial charge in [-0.2, -0.15) is 5.10 Å². The van der Waals surface area contributed by atoms with Gasteiger partial charge in [-0.3, -0.25) is 25.7 Å². The summed E-state index contributed by atoms with van der Waals surface area (Å²) in [6, 6.07) is 7.30. The van der Waals surface area contributed by atoms with Crippen LogP contribution in [0.4, 0.5) is 21.5 Å². The van der Waals surface area contributed by atoms with Crippen molar-refractivity contribution < 1.29 is 14.2 Å². The van der Waals surface area contributed by atoms with Crippen molar-refractivity contribution in [3.05, 3.63) is 72.5 Å². The number of nitrogens with one attached hydrogen (secondary N) is 1. The first-order chi connectivity index (χ1) is 10.9. The first-order valence-corrected chi connectivity index (χ1v) is 6.85. The third-order valence-corrected chi connectivity index (χ3v) is 3.23. The van der Waals surface area contributed by atoms with E-state index in [1.165, 1.54) is 18.2 Å². The summed E-state index contributed by atoms with van der Waals surface area (Å²) < 4.78 is 14.2. The Labute approximate surface area is 137 Å². The molecule has 0 aliphatic rings. The molecule has 8 nitrogen and oxygen atoms in total. The molecule has 0 unspecified atom stereocenters. The summed E-state index contributed by atoms with van der Waals surface area (Å²) in [4.78, 5) is 20.1. The van der Waals surface area contributed by atoms with Crippen LogP contribution in [0.5, 0.6) is 0 Å². The van der Waals surface area contributed by atoms with Gasteiger partial charge in [-0.05, 0) is 24.3 Å². The van der Waals surface area contributed by atoms with Crippen LogP contribution in [0.25, 0.3) is 0 Å². The third-order valence-electron chi connectivity index (χ3n) is 2.74. The second-order valence-corrected chi connectivity index (χ2v) is 5.17. The SMILES string of the molecule is O=[N+]([O-])c1ccc(N/N=C/c2cc(Br)ccc2F)c([N+](=O)[O-])c1. The van der Waals surface area contributed by atoms with E-state index < -0.39 is 27.0 Å². The standard InChI is InChI=1S/C13H8BrFN4O4/c14-9-1-3-11(15)8(5-9)7-16-17-12-4-2-10(18(20)21)6-13(12)19(22)23/h1-7,17H/b16-7+. The molecule has 118 valence electrons. The quantitative estimate of drug-likeness (QED) is 0.479. The highest BCUT2D eigenvalue weighted by Gasteiger charge is 2.19. The molecule has 0 fully saturated rings. The molecule has 0 radical (unpaired) electrons. The highest BCUT2D eigenvalue weighted by atomic mass is 79.9. The fourth-order valence-electron chi connectivity index (χ4n) is 1.66. The van der Waals surface area contributed by atoms with Crippen molar-refractivity contribution in [2.75, 3.05) is 5.43 Å². The van der Waals surface area contributed by atoms with E-state index in [2.05, 4.69) is 26.5 Å². The van der Waals surface area contributed by atoms with Crippen LogP contribution < -0.4 is 5.43 Å². The Bertz CT molecular complexity index is 813. The molecule has 23 heavy (non-hydrogen) atoms. The number of nitro benzene ring substituents is 2. The fraction of sp³-hybridized carbons (Fsp3) is 0. The van der Waals surface area contributed by atoms with Gasteiger partial charge in [-0.15, -0.1) is 0 Å². The van der Waals surface area contributed by atoms with Gasteiger partial charge in [0, 0.05) is 16.1 Å². The second kappa shape index (κ2) is 6.92. The Morgan fingerprint density at radius 3 is 2.52 bits per heavy atom. The van der Waals surface area contributed by atoms with E-state index >= 15 is 0 Å². The van der Waals surface area contributed by atoms with Gasteiger partial charge in [0.25, 0.3) is 5.69 Å². The Morgan fingerprint density at radius 2 is 1.87 bits per heavy atom. The van der Waals surface area contributed by atoms with E-state index in [4.69, 9.17) is 0 Å². The predicted octanol–water partition coefficient (Wildman–Crippen LogP) is 3.85. The van der Waals surface area contributed by atoms with E-state index in [0.717, 1.165) is 24.4 Å². The number of halogens is 2. The average molecular weight is 383 g/mol. The molecule has 10 heteroatoms. The Hall–Kier alpha value is -2.88. The molecule has 0 saturated carbocycles. The molecule has 2 aromatic carbocycles. The lowest BCUT2D eigenvalue weighted by Crippen LogP contribution is -1.99. The zero-order valence-corrected chi connectivity index (χ0v) is 12.9. The zero-order valence-electron chi connectivity index (χ0n) is 11.3. The van der Waals surface area contributed by atoms with Crippen LogP contribution in [-0.2, 0) is 0 Å². The van der Waals surface area contributed by atoms with Crippen molar-refractivity contribution in [1.29, 1.82) is 0 Å². The summed E-state index contributed by atoms with van der Waals surface area (Å²) in [6.07, 6.45) is 1.14. The van der Waals surface area contributed by atoms with Crippen LogP contribution in [0, 0.1) is 26.0 Å². The van der Waals surface area contributed by atoms with Crippen LogP contribution in [-0.4, -0.2) is 16.1 Å². The van der Waals surface area contributed by atoms with Crippen molar-refractivity contribution >= 4 is 39.2 Å². The highest BCUT2D eigenvalue weighted by molar-refractivity contribution is 9.10. The second-order valence-electron chi connectivity index (χ2n) is 4.25. The van der Waals surface area contributed by atoms with Gasteiger partial charge >= 0.3 is 5.69 Å². The molecule has 2 rings (SSSR count). The van der Waals surface area contributed by atoms with Gasteiger partial charge < -0.3 is 0 Å². The Balaban J connectivity index is 2.26. The summed E-state index contributed by atoms with van der Waals surface area (Å²) in [5, 5.41) is 25.3. The zero-order chi connectivity index (χ0) is 17.0. The molecule has 1 N–H and O–H groups in total. The smallest absolute Gasteiger partial charge is 0.272 e. The van der Waals surface area contributed by atoms with Gasteiger partial charge in [0.05, 0.1) is 22.1 Å². The maximum absolute atomic E-state index is 13.5. The summed E-state index contributed by atoms with van der Waals surface area (Å²) in [6.45, 7) is 0. The molecular formula is C13H8BrFN4O4. The molecule has 0 aliphatic carbocycles. The Kier molecular flexibility index (Phi) is 4.96. The lowest BCUT2D eigenvalue weighted by Gasteiger charge is -2.02. The van der Waals surface area contributed by atoms with Gasteiger partial charge in [0.2, 0.25) is 0 Å². The van der Waals surface area contributed by atoms with E-state index in [-0.39, 0.29) is 11.3 Å². The molecule has 0 saturated heterocycles. The molecule has 0 bridgehead atoms. The maximum atomic E-state index is 13.5. The molecule has 0 atom stereocenters. The van der Waals surface area contributed by atoms with E-state index in [0.29, 0.717) is 4.47 Å². The van der Waals surface area contributed by atoms with Gasteiger partial charge in [-0.1, -0.05) is 15.9 Å². The summed E-state index contributed by atoms with van der Waals surface area (Å²) in [5.74, 6) is -0.517. The van der Waals surface area contributed by atoms with Crippen molar-refractivity contribution in [2.24, 2.45) is 5.10 Å². The summed E-state index contributed by atoms with van der Waals surface area (Å²) in [7, 11) is 0. The number of anilines is 1. The van der Waals surface area contributed by atoms with Gasteiger partial charge in [-0.25, -0.2) is 4.39 Å². The molecule has 0 amide bonds. The first-order valence-electron chi connectivity index (χ1n) is 6.05. The lowest BCUT2D eigenvalue weighted by molar-refractivity contribution is -0.393. The van der Waals surface area contributed by atoms with Crippen molar-refractivity contribution in [2.45, 2.75) is 0 Å². The summed E-state index contributed by atoms with van der Waals surface area (Å²) in [5.41, 5.74) is 1.57. The van der Waals surface area contributed by atoms with E-state index in [1.807, 2.05) is 0 Å². The fourth-order valence-corrected chi connectivity index (χ4v) is 2.04. The number of hydrogen-bond donors (Lipinski definition) is 1. The van der Waals surface area contributed by atoms with Gasteiger partial charge in [0.1, 0.15) is 11.5 Å². The minimum atomic E-state index is -0.773. The molecule has 0 heterocycles. The van der Waals surface area contributed by atoms with Crippen LogP contribution in [0.15, 0.2) is 46.0 Å². The molecule has 2 aromatic rings. The minimum Gasteiger partial charge on any atom is -0.272 e. The van der Waals surface area contributed by atoms with Crippen molar-refractivity contribution in [1.82, 2.24) is 0 Å². The monoisotopic (exact) mass is 382 g/mol. The van der Waals surface area contributed by atoms with E-state index in [9.17, 15) is 24.6 Å². The number of rotatable bonds is 5. The molecular weight excluding hydrogens is 375 g/mol. The maximum Gasteiger partial charge on any atom is 0.301 e. The summed E-state index contributed by atoms with van der Waals surface area (Å²) >= 11 is 3.18. The Morgan fingerprint density at radius 1 is 1.13 bits per heavy atom. The lowest BCUT2D eigenvalue weighted by atomic mass is 10.2. The molecule has 0 spiro atoms. The van der Waals surface area contributed by atoms with Crippen LogP contribution >= 0.6 is 15.9 Å². The first kappa shape index (κ1) is 16.5. The average Bonchev–Trinajstić information content (AvgIpc) is 2.50. The van der Waals surface area contributed by atoms with E-state index in [1.54, 1.807) is 0 Å². The predicted molar refractivity (Wildman–Crippen MR) is 85.1 cm³/mol. The van der Waals surface area contributed by atoms with Crippen LogP contribution in [0.1, 0.15) is 5.56 Å². The van der Waals surface area contributed by atoms with Crippen LogP contribution in [0.3, 0.4) is 0 Å². The molecule has 0 aromatic heterocycles. The number of hydrazone groups is 1. The topological polar surface area (TPSA) is 111 Å². The largest absolute Gasteiger partial charge is 0.301 e. The number of non-ortho nitro benzene ring substituents is 1. The van der Waals surface area contributed by atoms with Crippen molar-refractivity contribution in [3.63, 3.8) is 0 Å². The van der Waals surface area contributed by atoms with Crippen molar-refractivity contribution in [3.8, 4) is 0 Å². The number of nitro groups is 2. The minimum absolute atomic E-state index is 0.0488. The normalized spacial score (nSPS) is 10.7. The number of nitrogens with zero attached hydrogens (tertiary/aromatic N) is 3.